The summed E-state index contributed by atoms with van der Waals surface area (Å²) in [5, 5.41) is 3.11. The van der Waals surface area contributed by atoms with Gasteiger partial charge in [0.05, 0.1) is 0 Å². The summed E-state index contributed by atoms with van der Waals surface area (Å²) in [6.07, 6.45) is 0. The first-order chi connectivity index (χ1) is 12.4. The molecule has 5 nitrogen and oxygen atoms in total. The lowest BCUT2D eigenvalue weighted by molar-refractivity contribution is -0.142. The van der Waals surface area contributed by atoms with Crippen molar-refractivity contribution in [2.45, 2.75) is 19.5 Å². The van der Waals surface area contributed by atoms with Gasteiger partial charge in [0.1, 0.15) is 11.8 Å². The van der Waals surface area contributed by atoms with Crippen molar-refractivity contribution in [3.05, 3.63) is 63.6 Å². The molecule has 1 N–H and O–H groups in total. The summed E-state index contributed by atoms with van der Waals surface area (Å²) >= 11 is 9.34. The molecule has 0 bridgehead atoms. The van der Waals surface area contributed by atoms with E-state index in [1.165, 1.54) is 4.90 Å². The molecule has 0 heterocycles. The molecule has 7 heteroatoms. The van der Waals surface area contributed by atoms with Crippen molar-refractivity contribution in [1.82, 2.24) is 10.2 Å². The third-order valence-electron chi connectivity index (χ3n) is 3.81. The summed E-state index contributed by atoms with van der Waals surface area (Å²) < 4.78 is 6.45. The van der Waals surface area contributed by atoms with Crippen LogP contribution in [-0.4, -0.2) is 36.4 Å². The standard InChI is InChI=1S/C19H20BrClN2O3/c1-13(19(25)22-2)23(11-14-5-3-6-15(20)9-14)18(24)12-26-17-8-4-7-16(21)10-17/h3-10,13H,11-12H2,1-2H3,(H,22,25)/t13-/m1/s1. The van der Waals surface area contributed by atoms with Crippen molar-refractivity contribution < 1.29 is 14.3 Å². The summed E-state index contributed by atoms with van der Waals surface area (Å²) in [4.78, 5) is 26.3. The highest BCUT2D eigenvalue weighted by Gasteiger charge is 2.25. The molecule has 2 amide bonds. The van der Waals surface area contributed by atoms with Crippen molar-refractivity contribution in [3.63, 3.8) is 0 Å². The lowest BCUT2D eigenvalue weighted by atomic mass is 10.1. The van der Waals surface area contributed by atoms with Gasteiger partial charge in [-0.3, -0.25) is 9.59 Å². The van der Waals surface area contributed by atoms with E-state index < -0.39 is 6.04 Å². The largest absolute Gasteiger partial charge is 0.484 e. The molecule has 2 aromatic rings. The Labute approximate surface area is 166 Å². The molecule has 0 aliphatic carbocycles. The highest BCUT2D eigenvalue weighted by molar-refractivity contribution is 9.10. The Morgan fingerprint density at radius 1 is 1.23 bits per heavy atom. The number of carbonyl (C=O) groups excluding carboxylic acids is 2. The minimum absolute atomic E-state index is 0.185. The van der Waals surface area contributed by atoms with Gasteiger partial charge in [0, 0.05) is 23.1 Å². The molecule has 2 aromatic carbocycles. The third-order valence-corrected chi connectivity index (χ3v) is 4.54. The first-order valence-electron chi connectivity index (χ1n) is 8.04. The number of rotatable bonds is 7. The van der Waals surface area contributed by atoms with Crippen LogP contribution in [0.2, 0.25) is 5.02 Å². The second kappa shape index (κ2) is 9.59. The van der Waals surface area contributed by atoms with Gasteiger partial charge in [0.15, 0.2) is 6.61 Å². The molecule has 0 aliphatic rings. The van der Waals surface area contributed by atoms with E-state index in [2.05, 4.69) is 21.2 Å². The Bertz CT molecular complexity index is 785. The molecule has 0 aliphatic heterocycles. The van der Waals surface area contributed by atoms with Crippen LogP contribution < -0.4 is 10.1 Å². The second-order valence-corrected chi connectivity index (χ2v) is 7.04. The highest BCUT2D eigenvalue weighted by Crippen LogP contribution is 2.18. The quantitative estimate of drug-likeness (QED) is 0.716. The third kappa shape index (κ3) is 5.75. The maximum Gasteiger partial charge on any atom is 0.261 e. The molecule has 26 heavy (non-hydrogen) atoms. The van der Waals surface area contributed by atoms with Gasteiger partial charge in [0.25, 0.3) is 5.91 Å². The number of amides is 2. The van der Waals surface area contributed by atoms with E-state index in [9.17, 15) is 9.59 Å². The molecule has 0 unspecified atom stereocenters. The fraction of sp³-hybridized carbons (Fsp3) is 0.263. The minimum atomic E-state index is -0.630. The number of carbonyl (C=O) groups is 2. The van der Waals surface area contributed by atoms with E-state index >= 15 is 0 Å². The van der Waals surface area contributed by atoms with E-state index in [4.69, 9.17) is 16.3 Å². The molecule has 0 spiro atoms. The number of hydrogen-bond donors (Lipinski definition) is 1. The highest BCUT2D eigenvalue weighted by atomic mass is 79.9. The maximum atomic E-state index is 12.7. The summed E-state index contributed by atoms with van der Waals surface area (Å²) in [6, 6.07) is 13.8. The van der Waals surface area contributed by atoms with Gasteiger partial charge in [-0.1, -0.05) is 45.7 Å². The number of nitrogens with one attached hydrogen (secondary N) is 1. The monoisotopic (exact) mass is 438 g/mol. The van der Waals surface area contributed by atoms with Gasteiger partial charge in [0.2, 0.25) is 5.91 Å². The number of hydrogen-bond acceptors (Lipinski definition) is 3. The van der Waals surface area contributed by atoms with Gasteiger partial charge < -0.3 is 15.0 Å². The predicted octanol–water partition coefficient (Wildman–Crippen LogP) is 3.64. The Morgan fingerprint density at radius 3 is 2.62 bits per heavy atom. The minimum Gasteiger partial charge on any atom is -0.484 e. The van der Waals surface area contributed by atoms with Crippen LogP contribution in [0.25, 0.3) is 0 Å². The summed E-state index contributed by atoms with van der Waals surface area (Å²) in [6.45, 7) is 1.80. The fourth-order valence-electron chi connectivity index (χ4n) is 2.41. The van der Waals surface area contributed by atoms with Crippen LogP contribution in [0.15, 0.2) is 53.0 Å². The van der Waals surface area contributed by atoms with Crippen LogP contribution >= 0.6 is 27.5 Å². The lowest BCUT2D eigenvalue weighted by Crippen LogP contribution is -2.48. The Morgan fingerprint density at radius 2 is 1.96 bits per heavy atom. The van der Waals surface area contributed by atoms with Gasteiger partial charge >= 0.3 is 0 Å². The van der Waals surface area contributed by atoms with E-state index in [1.807, 2.05) is 24.3 Å². The Balaban J connectivity index is 2.13. The molecular weight excluding hydrogens is 420 g/mol. The molecule has 0 radical (unpaired) electrons. The van der Waals surface area contributed by atoms with Gasteiger partial charge in [-0.25, -0.2) is 0 Å². The number of nitrogens with zero attached hydrogens (tertiary/aromatic N) is 1. The van der Waals surface area contributed by atoms with Gasteiger partial charge in [-0.05, 0) is 42.8 Å². The normalized spacial score (nSPS) is 11.5. The number of halogens is 2. The number of likely N-dealkylation sites (N-methyl/N-ethyl adjacent to an activating group) is 1. The Hall–Kier alpha value is -2.05. The molecule has 0 fully saturated rings. The smallest absolute Gasteiger partial charge is 0.261 e. The molecule has 2 rings (SSSR count). The number of benzene rings is 2. The molecule has 0 aromatic heterocycles. The first kappa shape index (κ1) is 20.3. The fourth-order valence-corrected chi connectivity index (χ4v) is 3.04. The van der Waals surface area contributed by atoms with Crippen LogP contribution in [0.5, 0.6) is 5.75 Å². The zero-order chi connectivity index (χ0) is 19.1. The zero-order valence-corrected chi connectivity index (χ0v) is 16.9. The van der Waals surface area contributed by atoms with Crippen LogP contribution in [0.3, 0.4) is 0 Å². The molecule has 1 atom stereocenters. The Kier molecular flexibility index (Phi) is 7.48. The van der Waals surface area contributed by atoms with Crippen molar-refractivity contribution in [2.75, 3.05) is 13.7 Å². The van der Waals surface area contributed by atoms with E-state index in [1.54, 1.807) is 38.2 Å². The van der Waals surface area contributed by atoms with Crippen molar-refractivity contribution >= 4 is 39.3 Å². The van der Waals surface area contributed by atoms with E-state index in [0.717, 1.165) is 10.0 Å². The van der Waals surface area contributed by atoms with Crippen molar-refractivity contribution in [3.8, 4) is 5.75 Å². The molecule has 138 valence electrons. The number of ether oxygens (including phenoxy) is 1. The van der Waals surface area contributed by atoms with Gasteiger partial charge in [-0.2, -0.15) is 0 Å². The average Bonchev–Trinajstić information content (AvgIpc) is 2.63. The van der Waals surface area contributed by atoms with Crippen molar-refractivity contribution in [2.24, 2.45) is 0 Å². The first-order valence-corrected chi connectivity index (χ1v) is 9.21. The molecule has 0 saturated carbocycles. The maximum absolute atomic E-state index is 12.7. The topological polar surface area (TPSA) is 58.6 Å². The van der Waals surface area contributed by atoms with Crippen LogP contribution in [0.4, 0.5) is 0 Å². The lowest BCUT2D eigenvalue weighted by Gasteiger charge is -2.28. The zero-order valence-electron chi connectivity index (χ0n) is 14.5. The molecular formula is C19H20BrClN2O3. The van der Waals surface area contributed by atoms with E-state index in [-0.39, 0.29) is 18.4 Å². The van der Waals surface area contributed by atoms with Crippen LogP contribution in [-0.2, 0) is 16.1 Å². The average molecular weight is 440 g/mol. The summed E-state index contributed by atoms with van der Waals surface area (Å²) in [5.41, 5.74) is 0.909. The predicted molar refractivity (Wildman–Crippen MR) is 105 cm³/mol. The SMILES string of the molecule is CNC(=O)[C@@H](C)N(Cc1cccc(Br)c1)C(=O)COc1cccc(Cl)c1. The summed E-state index contributed by atoms with van der Waals surface area (Å²) in [7, 11) is 1.54. The van der Waals surface area contributed by atoms with Gasteiger partial charge in [-0.15, -0.1) is 0 Å². The molecule has 0 saturated heterocycles. The second-order valence-electron chi connectivity index (χ2n) is 5.69. The summed E-state index contributed by atoms with van der Waals surface area (Å²) in [5.74, 6) is -0.0296. The van der Waals surface area contributed by atoms with Crippen LogP contribution in [0.1, 0.15) is 12.5 Å². The van der Waals surface area contributed by atoms with Crippen LogP contribution in [0, 0.1) is 0 Å². The van der Waals surface area contributed by atoms with Crippen molar-refractivity contribution in [1.29, 1.82) is 0 Å². The van der Waals surface area contributed by atoms with E-state index in [0.29, 0.717) is 17.3 Å².